The second-order valence-corrected chi connectivity index (χ2v) is 10.5. The molecule has 4 aliphatic rings. The molecule has 1 fully saturated rings. The van der Waals surface area contributed by atoms with Gasteiger partial charge in [-0.1, -0.05) is 13.0 Å². The summed E-state index contributed by atoms with van der Waals surface area (Å²) in [5.41, 5.74) is -0.0162. The summed E-state index contributed by atoms with van der Waals surface area (Å²) in [5.74, 6) is -2.23. The summed E-state index contributed by atoms with van der Waals surface area (Å²) >= 11 is 0. The molecule has 0 amide bonds. The van der Waals surface area contributed by atoms with Gasteiger partial charge in [-0.25, -0.2) is 14.4 Å². The van der Waals surface area contributed by atoms with E-state index in [1.807, 2.05) is 12.1 Å². The highest BCUT2D eigenvalue weighted by Gasteiger charge is 2.72. The van der Waals surface area contributed by atoms with Crippen molar-refractivity contribution in [2.75, 3.05) is 7.11 Å². The van der Waals surface area contributed by atoms with Gasteiger partial charge in [0.25, 0.3) is 0 Å². The summed E-state index contributed by atoms with van der Waals surface area (Å²) in [5, 5.41) is 21.3. The molecule has 12 nitrogen and oxygen atoms in total. The number of esters is 2. The standard InChI is InChI=1S/C27H30O12/c1-12-7-9-26-19-15-5-6-17(34-4)20(19)38-21(26)18(8-10-27(26,33)16(12)11-15)37-23(31)13(2)35-25(32)39-24(22(29)30)36-14(3)28/h5-6,8,12-13,16,21,24,33H,7,9-11H2,1-4H3,(H,29,30)/t12?,13-,16-,21-,24-,26?,27+/m0/s1. The third-order valence-corrected chi connectivity index (χ3v) is 8.44. The Bertz CT molecular complexity index is 1270. The van der Waals surface area contributed by atoms with E-state index in [0.29, 0.717) is 24.3 Å². The number of carbonyl (C=O) groups is 4. The van der Waals surface area contributed by atoms with E-state index in [0.717, 1.165) is 24.5 Å². The van der Waals surface area contributed by atoms with E-state index in [1.165, 1.54) is 14.0 Å². The molecule has 2 N–H and O–H groups in total. The van der Waals surface area contributed by atoms with Gasteiger partial charge in [-0.3, -0.25) is 4.79 Å². The van der Waals surface area contributed by atoms with Crippen molar-refractivity contribution in [3.63, 3.8) is 0 Å². The molecular formula is C27H30O12. The highest BCUT2D eigenvalue weighted by Crippen LogP contribution is 2.68. The number of carboxylic acids is 1. The fraction of sp³-hybridized carbons (Fsp3) is 0.556. The van der Waals surface area contributed by atoms with Crippen LogP contribution in [0.25, 0.3) is 0 Å². The van der Waals surface area contributed by atoms with Crippen molar-refractivity contribution in [1.29, 1.82) is 0 Å². The lowest BCUT2D eigenvalue weighted by Gasteiger charge is -2.61. The van der Waals surface area contributed by atoms with Crippen molar-refractivity contribution in [1.82, 2.24) is 0 Å². The highest BCUT2D eigenvalue weighted by molar-refractivity contribution is 5.80. The summed E-state index contributed by atoms with van der Waals surface area (Å²) in [6.07, 6.45) is -2.08. The molecule has 1 aromatic carbocycles. The molecule has 39 heavy (non-hydrogen) atoms. The maximum absolute atomic E-state index is 13.0. The molecule has 0 saturated heterocycles. The van der Waals surface area contributed by atoms with Crippen LogP contribution in [0.15, 0.2) is 24.0 Å². The van der Waals surface area contributed by atoms with Gasteiger partial charge in [-0.2, -0.15) is 0 Å². The van der Waals surface area contributed by atoms with Gasteiger partial charge in [-0.05, 0) is 62.1 Å². The number of benzene rings is 1. The lowest BCUT2D eigenvalue weighted by molar-refractivity contribution is -0.190. The van der Waals surface area contributed by atoms with Crippen LogP contribution in [0.1, 0.15) is 51.2 Å². The Morgan fingerprint density at radius 3 is 2.56 bits per heavy atom. The van der Waals surface area contributed by atoms with E-state index in [-0.39, 0.29) is 24.0 Å². The number of hydrogen-bond acceptors (Lipinski definition) is 11. The van der Waals surface area contributed by atoms with Crippen molar-refractivity contribution in [3.8, 4) is 11.5 Å². The number of carbonyl (C=O) groups excluding carboxylic acids is 3. The lowest BCUT2D eigenvalue weighted by atomic mass is 9.45. The Morgan fingerprint density at radius 1 is 1.15 bits per heavy atom. The van der Waals surface area contributed by atoms with Crippen molar-refractivity contribution >= 4 is 24.1 Å². The zero-order valence-corrected chi connectivity index (χ0v) is 21.9. The average Bonchev–Trinajstić information content (AvgIpc) is 3.22. The summed E-state index contributed by atoms with van der Waals surface area (Å²) in [6, 6.07) is 3.84. The first-order valence-corrected chi connectivity index (χ1v) is 12.7. The Kier molecular flexibility index (Phi) is 6.48. The lowest BCUT2D eigenvalue weighted by Crippen LogP contribution is -2.69. The van der Waals surface area contributed by atoms with Gasteiger partial charge in [0.2, 0.25) is 0 Å². The summed E-state index contributed by atoms with van der Waals surface area (Å²) < 4.78 is 31.4. The third kappa shape index (κ3) is 4.00. The second-order valence-electron chi connectivity index (χ2n) is 10.5. The predicted molar refractivity (Wildman–Crippen MR) is 129 cm³/mol. The number of ether oxygens (including phenoxy) is 6. The molecule has 1 saturated carbocycles. The molecule has 1 heterocycles. The van der Waals surface area contributed by atoms with E-state index < -0.39 is 53.6 Å². The molecule has 12 heteroatoms. The zero-order chi connectivity index (χ0) is 28.3. The number of aliphatic hydroxyl groups is 1. The molecule has 7 atom stereocenters. The first-order valence-electron chi connectivity index (χ1n) is 12.7. The van der Waals surface area contributed by atoms with Crippen molar-refractivity contribution in [2.24, 2.45) is 11.8 Å². The molecule has 1 aliphatic heterocycles. The molecule has 0 aromatic heterocycles. The third-order valence-electron chi connectivity index (χ3n) is 8.44. The highest BCUT2D eigenvalue weighted by atomic mass is 16.8. The van der Waals surface area contributed by atoms with E-state index in [4.69, 9.17) is 24.1 Å². The monoisotopic (exact) mass is 546 g/mol. The molecule has 1 aromatic rings. The van der Waals surface area contributed by atoms with Crippen LogP contribution in [0.2, 0.25) is 0 Å². The van der Waals surface area contributed by atoms with Crippen LogP contribution < -0.4 is 9.47 Å². The Morgan fingerprint density at radius 2 is 1.90 bits per heavy atom. The van der Waals surface area contributed by atoms with E-state index in [1.54, 1.807) is 6.08 Å². The maximum Gasteiger partial charge on any atom is 0.512 e. The minimum atomic E-state index is -2.24. The van der Waals surface area contributed by atoms with Crippen LogP contribution in [0.3, 0.4) is 0 Å². The molecule has 3 aliphatic carbocycles. The topological polar surface area (TPSA) is 164 Å². The van der Waals surface area contributed by atoms with Gasteiger partial charge in [-0.15, -0.1) is 0 Å². The van der Waals surface area contributed by atoms with Gasteiger partial charge in [0.15, 0.2) is 23.7 Å². The zero-order valence-electron chi connectivity index (χ0n) is 21.9. The molecule has 0 radical (unpaired) electrons. The van der Waals surface area contributed by atoms with Gasteiger partial charge >= 0.3 is 30.4 Å². The molecule has 5 rings (SSSR count). The molecular weight excluding hydrogens is 516 g/mol. The molecule has 1 spiro atoms. The normalized spacial score (nSPS) is 30.9. The number of carboxylic acid groups (broad SMARTS) is 1. The summed E-state index contributed by atoms with van der Waals surface area (Å²) in [6.45, 7) is 4.30. The minimum absolute atomic E-state index is 0.0193. The smallest absolute Gasteiger partial charge is 0.493 e. The Hall–Kier alpha value is -3.80. The van der Waals surface area contributed by atoms with Crippen molar-refractivity contribution < 1.29 is 57.8 Å². The van der Waals surface area contributed by atoms with Crippen LogP contribution in [-0.2, 0) is 45.2 Å². The van der Waals surface area contributed by atoms with Crippen LogP contribution in [0.5, 0.6) is 11.5 Å². The van der Waals surface area contributed by atoms with Crippen LogP contribution >= 0.6 is 0 Å². The number of aliphatic carboxylic acids is 1. The van der Waals surface area contributed by atoms with Crippen LogP contribution in [0, 0.1) is 11.8 Å². The average molecular weight is 547 g/mol. The van der Waals surface area contributed by atoms with E-state index in [9.17, 15) is 24.3 Å². The van der Waals surface area contributed by atoms with E-state index in [2.05, 4.69) is 16.4 Å². The fourth-order valence-electron chi connectivity index (χ4n) is 6.75. The number of rotatable bonds is 7. The van der Waals surface area contributed by atoms with Gasteiger partial charge in [0.05, 0.1) is 18.1 Å². The maximum atomic E-state index is 13.0. The number of hydrogen-bond donors (Lipinski definition) is 2. The van der Waals surface area contributed by atoms with Crippen molar-refractivity contribution in [3.05, 3.63) is 35.1 Å². The molecule has 2 unspecified atom stereocenters. The number of methoxy groups -OCH3 is 1. The SMILES string of the molecule is COc1ccc2c3c1O[C@H]1C(OC(=O)[C@H](C)OC(=O)O[C@H](OC(C)=O)C(=O)O)=CC[C@@]4(O)[C@@H](C2)C(C)CCC314. The molecule has 210 valence electrons. The van der Waals surface area contributed by atoms with Crippen LogP contribution in [0.4, 0.5) is 4.79 Å². The summed E-state index contributed by atoms with van der Waals surface area (Å²) in [7, 11) is 1.53. The quantitative estimate of drug-likeness (QED) is 0.292. The Balaban J connectivity index is 1.38. The van der Waals surface area contributed by atoms with Gasteiger partial charge in [0, 0.05) is 12.5 Å². The summed E-state index contributed by atoms with van der Waals surface area (Å²) in [4.78, 5) is 47.2. The fourth-order valence-corrected chi connectivity index (χ4v) is 6.75. The first kappa shape index (κ1) is 26.8. The second kappa shape index (κ2) is 9.44. The largest absolute Gasteiger partial charge is 0.512 e. The minimum Gasteiger partial charge on any atom is -0.493 e. The predicted octanol–water partition coefficient (Wildman–Crippen LogP) is 2.37. The van der Waals surface area contributed by atoms with E-state index >= 15 is 0 Å². The first-order chi connectivity index (χ1) is 18.4. The van der Waals surface area contributed by atoms with Gasteiger partial charge < -0.3 is 38.6 Å². The van der Waals surface area contributed by atoms with Gasteiger partial charge in [0.1, 0.15) is 5.76 Å². The van der Waals surface area contributed by atoms with Crippen molar-refractivity contribution in [2.45, 2.75) is 76.0 Å². The van der Waals surface area contributed by atoms with Crippen LogP contribution in [-0.4, -0.2) is 65.5 Å². The Labute approximate surface area is 223 Å². The molecule has 2 bridgehead atoms.